The fourth-order valence-corrected chi connectivity index (χ4v) is 2.10. The zero-order valence-corrected chi connectivity index (χ0v) is 12.1. The minimum Gasteiger partial charge on any atom is -0.508 e. The first-order valence-corrected chi connectivity index (χ1v) is 6.57. The predicted molar refractivity (Wildman–Crippen MR) is 82.9 cm³/mol. The van der Waals surface area contributed by atoms with Crippen LogP contribution in [0.1, 0.15) is 5.56 Å². The predicted octanol–water partition coefficient (Wildman–Crippen LogP) is 3.43. The molecule has 2 aromatic carbocycles. The first-order valence-electron chi connectivity index (χ1n) is 6.19. The third-order valence-electron chi connectivity index (χ3n) is 2.98. The van der Waals surface area contributed by atoms with Crippen molar-refractivity contribution in [2.75, 3.05) is 24.3 Å². The van der Waals surface area contributed by atoms with Crippen LogP contribution in [0.25, 0.3) is 0 Å². The van der Waals surface area contributed by atoms with Crippen molar-refractivity contribution in [3.63, 3.8) is 0 Å². The standard InChI is InChI=1S/C15H17ClN2O2/c1-18(2)14-6-4-11(16)7-13(14)17-9-10-3-5-12(19)8-15(10)20/h3-8,17,19-20H,9H2,1-2H3. The average molecular weight is 293 g/mol. The molecular formula is C15H17ClN2O2. The van der Waals surface area contributed by atoms with E-state index in [2.05, 4.69) is 5.32 Å². The fraction of sp³-hybridized carbons (Fsp3) is 0.200. The molecule has 5 heteroatoms. The van der Waals surface area contributed by atoms with Crippen LogP contribution in [0, 0.1) is 0 Å². The Labute approximate surface area is 123 Å². The van der Waals surface area contributed by atoms with E-state index in [0.717, 1.165) is 11.4 Å². The Morgan fingerprint density at radius 2 is 1.85 bits per heavy atom. The van der Waals surface area contributed by atoms with Crippen LogP contribution in [0.2, 0.25) is 5.02 Å². The number of phenols is 2. The summed E-state index contributed by atoms with van der Waals surface area (Å²) in [6.45, 7) is 0.438. The van der Waals surface area contributed by atoms with Gasteiger partial charge in [0.2, 0.25) is 0 Å². The minimum absolute atomic E-state index is 0.0444. The lowest BCUT2D eigenvalue weighted by atomic mass is 10.1. The third kappa shape index (κ3) is 3.27. The summed E-state index contributed by atoms with van der Waals surface area (Å²) in [5.41, 5.74) is 2.59. The lowest BCUT2D eigenvalue weighted by molar-refractivity contribution is 0.446. The van der Waals surface area contributed by atoms with Gasteiger partial charge in [0.25, 0.3) is 0 Å². The van der Waals surface area contributed by atoms with E-state index in [1.165, 1.54) is 6.07 Å². The quantitative estimate of drug-likeness (QED) is 0.808. The van der Waals surface area contributed by atoms with E-state index in [1.54, 1.807) is 12.1 Å². The van der Waals surface area contributed by atoms with Crippen molar-refractivity contribution in [3.05, 3.63) is 47.0 Å². The third-order valence-corrected chi connectivity index (χ3v) is 3.21. The van der Waals surface area contributed by atoms with Gasteiger partial charge in [-0.2, -0.15) is 0 Å². The van der Waals surface area contributed by atoms with Gasteiger partial charge in [-0.25, -0.2) is 0 Å². The highest BCUT2D eigenvalue weighted by atomic mass is 35.5. The van der Waals surface area contributed by atoms with Gasteiger partial charge in [-0.1, -0.05) is 11.6 Å². The van der Waals surface area contributed by atoms with E-state index in [1.807, 2.05) is 37.2 Å². The van der Waals surface area contributed by atoms with Crippen molar-refractivity contribution in [3.8, 4) is 11.5 Å². The van der Waals surface area contributed by atoms with E-state index in [9.17, 15) is 10.2 Å². The monoisotopic (exact) mass is 292 g/mol. The summed E-state index contributed by atoms with van der Waals surface area (Å²) >= 11 is 6.01. The van der Waals surface area contributed by atoms with Crippen LogP contribution in [0.15, 0.2) is 36.4 Å². The molecule has 106 valence electrons. The Morgan fingerprint density at radius 3 is 2.50 bits per heavy atom. The second-order valence-electron chi connectivity index (χ2n) is 4.72. The van der Waals surface area contributed by atoms with Gasteiger partial charge in [0.1, 0.15) is 11.5 Å². The first kappa shape index (κ1) is 14.3. The van der Waals surface area contributed by atoms with Gasteiger partial charge in [-0.15, -0.1) is 0 Å². The molecule has 2 rings (SSSR count). The smallest absolute Gasteiger partial charge is 0.124 e. The molecule has 20 heavy (non-hydrogen) atoms. The number of benzene rings is 2. The fourth-order valence-electron chi connectivity index (χ4n) is 1.93. The topological polar surface area (TPSA) is 55.7 Å². The summed E-state index contributed by atoms with van der Waals surface area (Å²) in [5.74, 6) is 0.105. The SMILES string of the molecule is CN(C)c1ccc(Cl)cc1NCc1ccc(O)cc1O. The molecule has 0 saturated carbocycles. The van der Waals surface area contributed by atoms with Gasteiger partial charge in [-0.05, 0) is 30.3 Å². The maximum Gasteiger partial charge on any atom is 0.124 e. The van der Waals surface area contributed by atoms with Crippen LogP contribution in [0.4, 0.5) is 11.4 Å². The molecule has 0 unspecified atom stereocenters. The van der Waals surface area contributed by atoms with E-state index in [0.29, 0.717) is 17.1 Å². The molecule has 0 radical (unpaired) electrons. The van der Waals surface area contributed by atoms with Crippen LogP contribution in [-0.2, 0) is 6.54 Å². The Bertz CT molecular complexity index is 615. The van der Waals surface area contributed by atoms with Gasteiger partial charge in [-0.3, -0.25) is 0 Å². The molecule has 0 aliphatic rings. The molecule has 0 bridgehead atoms. The van der Waals surface area contributed by atoms with E-state index in [4.69, 9.17) is 11.6 Å². The molecule has 0 spiro atoms. The Morgan fingerprint density at radius 1 is 1.10 bits per heavy atom. The number of nitrogens with one attached hydrogen (secondary N) is 1. The van der Waals surface area contributed by atoms with E-state index < -0.39 is 0 Å². The summed E-state index contributed by atoms with van der Waals surface area (Å²) in [7, 11) is 3.90. The summed E-state index contributed by atoms with van der Waals surface area (Å²) in [5, 5.41) is 22.9. The van der Waals surface area contributed by atoms with Crippen LogP contribution in [-0.4, -0.2) is 24.3 Å². The number of phenolic OH excluding ortho intramolecular Hbond substituents is 2. The lowest BCUT2D eigenvalue weighted by Gasteiger charge is -2.19. The highest BCUT2D eigenvalue weighted by molar-refractivity contribution is 6.31. The number of hydrogen-bond acceptors (Lipinski definition) is 4. The van der Waals surface area contributed by atoms with Crippen LogP contribution in [0.5, 0.6) is 11.5 Å². The Balaban J connectivity index is 2.20. The molecule has 0 atom stereocenters. The molecule has 0 aliphatic heterocycles. The van der Waals surface area contributed by atoms with Gasteiger partial charge in [0.05, 0.1) is 11.4 Å². The summed E-state index contributed by atoms with van der Waals surface area (Å²) in [4.78, 5) is 1.98. The van der Waals surface area contributed by atoms with Crippen molar-refractivity contribution in [2.45, 2.75) is 6.54 Å². The van der Waals surface area contributed by atoms with Crippen LogP contribution in [0.3, 0.4) is 0 Å². The van der Waals surface area contributed by atoms with Crippen molar-refractivity contribution in [1.82, 2.24) is 0 Å². The number of anilines is 2. The molecule has 3 N–H and O–H groups in total. The number of aromatic hydroxyl groups is 2. The van der Waals surface area contributed by atoms with E-state index >= 15 is 0 Å². The molecule has 0 saturated heterocycles. The minimum atomic E-state index is 0.0444. The van der Waals surface area contributed by atoms with Crippen LogP contribution < -0.4 is 10.2 Å². The zero-order valence-electron chi connectivity index (χ0n) is 11.4. The number of halogens is 1. The molecule has 2 aromatic rings. The van der Waals surface area contributed by atoms with Crippen LogP contribution >= 0.6 is 11.6 Å². The number of hydrogen-bond donors (Lipinski definition) is 3. The number of rotatable bonds is 4. The highest BCUT2D eigenvalue weighted by Gasteiger charge is 2.07. The molecule has 0 aliphatic carbocycles. The maximum atomic E-state index is 9.77. The second-order valence-corrected chi connectivity index (χ2v) is 5.16. The van der Waals surface area contributed by atoms with Gasteiger partial charge >= 0.3 is 0 Å². The van der Waals surface area contributed by atoms with Gasteiger partial charge in [0.15, 0.2) is 0 Å². The summed E-state index contributed by atoms with van der Waals surface area (Å²) in [6.07, 6.45) is 0. The largest absolute Gasteiger partial charge is 0.508 e. The zero-order chi connectivity index (χ0) is 14.7. The van der Waals surface area contributed by atoms with Gasteiger partial charge < -0.3 is 20.4 Å². The highest BCUT2D eigenvalue weighted by Crippen LogP contribution is 2.29. The molecule has 0 aromatic heterocycles. The molecule has 0 heterocycles. The number of nitrogens with zero attached hydrogens (tertiary/aromatic N) is 1. The maximum absolute atomic E-state index is 9.77. The molecular weight excluding hydrogens is 276 g/mol. The summed E-state index contributed by atoms with van der Waals surface area (Å²) < 4.78 is 0. The Hall–Kier alpha value is -2.07. The van der Waals surface area contributed by atoms with E-state index in [-0.39, 0.29) is 11.5 Å². The Kier molecular flexibility index (Phi) is 4.25. The van der Waals surface area contributed by atoms with Crippen molar-refractivity contribution < 1.29 is 10.2 Å². The molecule has 4 nitrogen and oxygen atoms in total. The molecule has 0 amide bonds. The first-order chi connectivity index (χ1) is 9.47. The van der Waals surface area contributed by atoms with Crippen molar-refractivity contribution >= 4 is 23.0 Å². The average Bonchev–Trinajstić information content (AvgIpc) is 2.37. The lowest BCUT2D eigenvalue weighted by Crippen LogP contribution is -2.12. The summed E-state index contributed by atoms with van der Waals surface area (Å²) in [6, 6.07) is 10.1. The van der Waals surface area contributed by atoms with Gasteiger partial charge in [0, 0.05) is 37.3 Å². The van der Waals surface area contributed by atoms with Crippen molar-refractivity contribution in [2.24, 2.45) is 0 Å². The van der Waals surface area contributed by atoms with Crippen molar-refractivity contribution in [1.29, 1.82) is 0 Å². The molecule has 0 fully saturated rings. The normalized spacial score (nSPS) is 10.3. The second kappa shape index (κ2) is 5.92.